The molecule has 120 valence electrons. The molecule has 1 aliphatic carbocycles. The summed E-state index contributed by atoms with van der Waals surface area (Å²) >= 11 is 1.64. The monoisotopic (exact) mass is 334 g/mol. The number of hydrogen-bond donors (Lipinski definition) is 1. The molecule has 0 saturated heterocycles. The van der Waals surface area contributed by atoms with Crippen LogP contribution in [0.15, 0.2) is 47.8 Å². The Morgan fingerprint density at radius 3 is 2.62 bits per heavy atom. The molecular weight excluding hydrogens is 316 g/mol. The van der Waals surface area contributed by atoms with Crippen molar-refractivity contribution in [3.63, 3.8) is 0 Å². The third-order valence-electron chi connectivity index (χ3n) is 4.42. The number of amides is 1. The molecule has 4 rings (SSSR count). The molecule has 2 aromatic carbocycles. The van der Waals surface area contributed by atoms with Crippen LogP contribution in [0.25, 0.3) is 11.3 Å². The maximum absolute atomic E-state index is 12.5. The fourth-order valence-corrected chi connectivity index (χ4v) is 3.76. The molecule has 0 fully saturated rings. The maximum atomic E-state index is 12.5. The van der Waals surface area contributed by atoms with Crippen LogP contribution in [0.2, 0.25) is 0 Å². The highest BCUT2D eigenvalue weighted by atomic mass is 32.1. The molecule has 1 N–H and O–H groups in total. The molecule has 0 unspecified atom stereocenters. The molecular formula is C20H18N2OS. The molecule has 1 heterocycles. The molecule has 0 bridgehead atoms. The van der Waals surface area contributed by atoms with Gasteiger partial charge in [0.1, 0.15) is 0 Å². The van der Waals surface area contributed by atoms with Crippen molar-refractivity contribution >= 4 is 22.9 Å². The smallest absolute Gasteiger partial charge is 0.255 e. The second-order valence-corrected chi connectivity index (χ2v) is 7.18. The SMILES string of the molecule is Cc1nc(-c2ccc(NC(=O)c3ccc4c(c3)CCC4)cc2)cs1. The largest absolute Gasteiger partial charge is 0.322 e. The van der Waals surface area contributed by atoms with Gasteiger partial charge >= 0.3 is 0 Å². The van der Waals surface area contributed by atoms with Crippen LogP contribution in [0.5, 0.6) is 0 Å². The molecule has 24 heavy (non-hydrogen) atoms. The van der Waals surface area contributed by atoms with Gasteiger partial charge in [-0.05, 0) is 61.6 Å². The Hall–Kier alpha value is -2.46. The van der Waals surface area contributed by atoms with Crippen LogP contribution in [-0.4, -0.2) is 10.9 Å². The highest BCUT2D eigenvalue weighted by Gasteiger charge is 2.14. The van der Waals surface area contributed by atoms with Crippen LogP contribution >= 0.6 is 11.3 Å². The quantitative estimate of drug-likeness (QED) is 0.743. The van der Waals surface area contributed by atoms with Gasteiger partial charge in [-0.3, -0.25) is 4.79 Å². The second-order valence-electron chi connectivity index (χ2n) is 6.12. The first kappa shape index (κ1) is 15.1. The minimum atomic E-state index is -0.0537. The number of nitrogens with one attached hydrogen (secondary N) is 1. The van der Waals surface area contributed by atoms with Gasteiger partial charge in [0.05, 0.1) is 10.7 Å². The lowest BCUT2D eigenvalue weighted by atomic mass is 10.1. The number of carbonyl (C=O) groups is 1. The van der Waals surface area contributed by atoms with Crippen molar-refractivity contribution in [2.24, 2.45) is 0 Å². The van der Waals surface area contributed by atoms with Gasteiger partial charge in [-0.15, -0.1) is 11.3 Å². The van der Waals surface area contributed by atoms with Crippen molar-refractivity contribution in [3.05, 3.63) is 69.5 Å². The molecule has 0 saturated carbocycles. The van der Waals surface area contributed by atoms with Crippen LogP contribution < -0.4 is 5.32 Å². The Kier molecular flexibility index (Phi) is 3.90. The summed E-state index contributed by atoms with van der Waals surface area (Å²) in [5, 5.41) is 6.08. The van der Waals surface area contributed by atoms with Crippen LogP contribution in [-0.2, 0) is 12.8 Å². The average molecular weight is 334 g/mol. The predicted octanol–water partition coefficient (Wildman–Crippen LogP) is 4.86. The lowest BCUT2D eigenvalue weighted by Gasteiger charge is -2.08. The number of fused-ring (bicyclic) bond motifs is 1. The summed E-state index contributed by atoms with van der Waals surface area (Å²) < 4.78 is 0. The van der Waals surface area contributed by atoms with Crippen molar-refractivity contribution < 1.29 is 4.79 Å². The molecule has 3 aromatic rings. The van der Waals surface area contributed by atoms with E-state index >= 15 is 0 Å². The number of thiazole rings is 1. The van der Waals surface area contributed by atoms with Crippen LogP contribution in [0, 0.1) is 6.92 Å². The van der Waals surface area contributed by atoms with E-state index < -0.39 is 0 Å². The lowest BCUT2D eigenvalue weighted by molar-refractivity contribution is 0.102. The van der Waals surface area contributed by atoms with Crippen molar-refractivity contribution in [2.45, 2.75) is 26.2 Å². The van der Waals surface area contributed by atoms with E-state index in [9.17, 15) is 4.79 Å². The molecule has 1 aromatic heterocycles. The first-order chi connectivity index (χ1) is 11.7. The van der Waals surface area contributed by atoms with Gasteiger partial charge in [-0.1, -0.05) is 18.2 Å². The number of aryl methyl sites for hydroxylation is 3. The third kappa shape index (κ3) is 2.97. The number of carbonyl (C=O) groups excluding carboxylic acids is 1. The van der Waals surface area contributed by atoms with Gasteiger partial charge < -0.3 is 5.32 Å². The molecule has 0 spiro atoms. The van der Waals surface area contributed by atoms with Crippen molar-refractivity contribution in [2.75, 3.05) is 5.32 Å². The Morgan fingerprint density at radius 1 is 1.08 bits per heavy atom. The normalized spacial score (nSPS) is 12.9. The van der Waals surface area contributed by atoms with E-state index in [1.807, 2.05) is 48.7 Å². The molecule has 3 nitrogen and oxygen atoms in total. The van der Waals surface area contributed by atoms with Gasteiger partial charge in [-0.25, -0.2) is 4.98 Å². The Morgan fingerprint density at radius 2 is 1.88 bits per heavy atom. The standard InChI is InChI=1S/C20H18N2OS/c1-13-21-19(12-24-13)15-7-9-18(10-8-15)22-20(23)17-6-5-14-3-2-4-16(14)11-17/h5-12H,2-4H2,1H3,(H,22,23). The number of anilines is 1. The second kappa shape index (κ2) is 6.21. The first-order valence-corrected chi connectivity index (χ1v) is 9.03. The summed E-state index contributed by atoms with van der Waals surface area (Å²) in [6, 6.07) is 13.9. The van der Waals surface area contributed by atoms with Crippen LogP contribution in [0.1, 0.15) is 32.9 Å². The molecule has 1 amide bonds. The van der Waals surface area contributed by atoms with Crippen LogP contribution in [0.3, 0.4) is 0 Å². The fourth-order valence-electron chi connectivity index (χ4n) is 3.14. The zero-order valence-electron chi connectivity index (χ0n) is 13.5. The van der Waals surface area contributed by atoms with Crippen molar-refractivity contribution in [3.8, 4) is 11.3 Å². The molecule has 0 radical (unpaired) electrons. The van der Waals surface area contributed by atoms with Gasteiger partial charge in [0, 0.05) is 22.2 Å². The van der Waals surface area contributed by atoms with Gasteiger partial charge in [-0.2, -0.15) is 0 Å². The molecule has 4 heteroatoms. The summed E-state index contributed by atoms with van der Waals surface area (Å²) in [7, 11) is 0. The predicted molar refractivity (Wildman–Crippen MR) is 98.7 cm³/mol. The summed E-state index contributed by atoms with van der Waals surface area (Å²) in [5.74, 6) is -0.0537. The number of nitrogens with zero attached hydrogens (tertiary/aromatic N) is 1. The molecule has 1 aliphatic rings. The van der Waals surface area contributed by atoms with Crippen molar-refractivity contribution in [1.29, 1.82) is 0 Å². The van der Waals surface area contributed by atoms with E-state index in [1.165, 1.54) is 17.5 Å². The summed E-state index contributed by atoms with van der Waals surface area (Å²) in [5.41, 5.74) is 6.28. The first-order valence-electron chi connectivity index (χ1n) is 8.15. The zero-order valence-corrected chi connectivity index (χ0v) is 14.3. The van der Waals surface area contributed by atoms with Crippen molar-refractivity contribution in [1.82, 2.24) is 4.98 Å². The Bertz CT molecular complexity index is 896. The third-order valence-corrected chi connectivity index (χ3v) is 5.19. The lowest BCUT2D eigenvalue weighted by Crippen LogP contribution is -2.12. The number of hydrogen-bond acceptors (Lipinski definition) is 3. The fraction of sp³-hybridized carbons (Fsp3) is 0.200. The van der Waals surface area contributed by atoms with Gasteiger partial charge in [0.15, 0.2) is 0 Å². The highest BCUT2D eigenvalue weighted by Crippen LogP contribution is 2.25. The van der Waals surface area contributed by atoms with E-state index in [0.717, 1.165) is 40.4 Å². The molecule has 0 aliphatic heterocycles. The number of aromatic nitrogens is 1. The van der Waals surface area contributed by atoms with E-state index in [1.54, 1.807) is 11.3 Å². The minimum absolute atomic E-state index is 0.0537. The average Bonchev–Trinajstić information content (AvgIpc) is 3.23. The number of rotatable bonds is 3. The summed E-state index contributed by atoms with van der Waals surface area (Å²) in [6.07, 6.45) is 3.41. The van der Waals surface area contributed by atoms with Gasteiger partial charge in [0.25, 0.3) is 5.91 Å². The zero-order chi connectivity index (χ0) is 16.5. The number of benzene rings is 2. The van der Waals surface area contributed by atoms with Crippen LogP contribution in [0.4, 0.5) is 5.69 Å². The topological polar surface area (TPSA) is 42.0 Å². The molecule has 0 atom stereocenters. The Labute approximate surface area is 145 Å². The van der Waals surface area contributed by atoms with E-state index in [2.05, 4.69) is 16.4 Å². The van der Waals surface area contributed by atoms with E-state index in [4.69, 9.17) is 0 Å². The summed E-state index contributed by atoms with van der Waals surface area (Å²) in [6.45, 7) is 2.00. The Balaban J connectivity index is 1.49. The van der Waals surface area contributed by atoms with E-state index in [0.29, 0.717) is 0 Å². The summed E-state index contributed by atoms with van der Waals surface area (Å²) in [4.78, 5) is 16.9. The highest BCUT2D eigenvalue weighted by molar-refractivity contribution is 7.09. The minimum Gasteiger partial charge on any atom is -0.322 e. The van der Waals surface area contributed by atoms with Gasteiger partial charge in [0.2, 0.25) is 0 Å². The van der Waals surface area contributed by atoms with E-state index in [-0.39, 0.29) is 5.91 Å². The maximum Gasteiger partial charge on any atom is 0.255 e.